The Kier molecular flexibility index (Phi) is 6.84. The summed E-state index contributed by atoms with van der Waals surface area (Å²) >= 11 is 6.28. The fourth-order valence-corrected chi connectivity index (χ4v) is 4.00. The van der Waals surface area contributed by atoms with Crippen molar-refractivity contribution in [2.75, 3.05) is 35.2 Å². The first-order valence-electron chi connectivity index (χ1n) is 10.7. The zero-order valence-electron chi connectivity index (χ0n) is 17.0. The van der Waals surface area contributed by atoms with Gasteiger partial charge >= 0.3 is 0 Å². The van der Waals surface area contributed by atoms with E-state index >= 15 is 0 Å². The van der Waals surface area contributed by atoms with Crippen molar-refractivity contribution in [3.8, 4) is 0 Å². The molecule has 2 aliphatic rings. The highest BCUT2D eigenvalue weighted by Gasteiger charge is 2.23. The molecule has 0 spiro atoms. The number of carbonyl (C=O) groups is 1. The van der Waals surface area contributed by atoms with Gasteiger partial charge in [0.1, 0.15) is 6.04 Å². The van der Waals surface area contributed by atoms with Crippen LogP contribution in [0.3, 0.4) is 0 Å². The highest BCUT2D eigenvalue weighted by molar-refractivity contribution is 6.31. The van der Waals surface area contributed by atoms with E-state index in [1.54, 1.807) is 0 Å². The summed E-state index contributed by atoms with van der Waals surface area (Å²) < 4.78 is 0. The highest BCUT2D eigenvalue weighted by Crippen LogP contribution is 2.21. The Labute approximate surface area is 181 Å². The number of halogens is 1. The lowest BCUT2D eigenvalue weighted by Crippen LogP contribution is -2.38. The lowest BCUT2D eigenvalue weighted by Gasteiger charge is -2.27. The molecule has 0 saturated carbocycles. The molecule has 4 rings (SSSR count). The molecule has 3 N–H and O–H groups in total. The lowest BCUT2D eigenvalue weighted by atomic mass is 10.1. The predicted octanol–water partition coefficient (Wildman–Crippen LogP) is 3.21. The van der Waals surface area contributed by atoms with Gasteiger partial charge in [-0.15, -0.1) is 0 Å². The van der Waals surface area contributed by atoms with Crippen LogP contribution in [0.1, 0.15) is 44.1 Å². The summed E-state index contributed by atoms with van der Waals surface area (Å²) in [7, 11) is 0. The lowest BCUT2D eigenvalue weighted by molar-refractivity contribution is -0.121. The molecule has 1 aromatic carbocycles. The first-order chi connectivity index (χ1) is 14.7. The highest BCUT2D eigenvalue weighted by atomic mass is 35.5. The molecule has 2 aliphatic heterocycles. The Morgan fingerprint density at radius 3 is 2.67 bits per heavy atom. The molecule has 2 fully saturated rings. The van der Waals surface area contributed by atoms with E-state index in [0.29, 0.717) is 29.4 Å². The normalized spacial score (nSPS) is 19.7. The van der Waals surface area contributed by atoms with Crippen molar-refractivity contribution in [1.29, 1.82) is 0 Å². The summed E-state index contributed by atoms with van der Waals surface area (Å²) in [6, 6.07) is 7.36. The molecule has 1 amide bonds. The molecule has 3 heterocycles. The van der Waals surface area contributed by atoms with Gasteiger partial charge in [0.05, 0.1) is 0 Å². The van der Waals surface area contributed by atoms with E-state index in [9.17, 15) is 4.79 Å². The Morgan fingerprint density at radius 1 is 1.03 bits per heavy atom. The van der Waals surface area contributed by atoms with Gasteiger partial charge in [0.2, 0.25) is 23.8 Å². The average Bonchev–Trinajstić information content (AvgIpc) is 2.98. The van der Waals surface area contributed by atoms with E-state index in [4.69, 9.17) is 11.6 Å². The standard InChI is InChI=1S/C21H28ClN7O/c22-16-9-3-2-8-15(16)14-24-19-26-20(25-17-10-4-5-11-23-18(17)30)28-21(27-19)29-12-6-1-7-13-29/h2-3,8-9,17H,1,4-7,10-14H2,(H,23,30)(H2,24,25,26,27,28). The fraction of sp³-hybridized carbons (Fsp3) is 0.524. The number of amides is 1. The molecule has 8 nitrogen and oxygen atoms in total. The van der Waals surface area contributed by atoms with Crippen LogP contribution in [0.5, 0.6) is 0 Å². The zero-order valence-corrected chi connectivity index (χ0v) is 17.8. The number of carbonyl (C=O) groups excluding carboxylic acids is 1. The summed E-state index contributed by atoms with van der Waals surface area (Å²) in [4.78, 5) is 28.4. The minimum absolute atomic E-state index is 0.00184. The van der Waals surface area contributed by atoms with Crippen LogP contribution in [-0.4, -0.2) is 46.5 Å². The maximum absolute atomic E-state index is 12.4. The van der Waals surface area contributed by atoms with Gasteiger partial charge in [-0.25, -0.2) is 0 Å². The summed E-state index contributed by atoms with van der Waals surface area (Å²) in [6.07, 6.45) is 6.22. The van der Waals surface area contributed by atoms with Crippen LogP contribution in [0.4, 0.5) is 17.8 Å². The molecular formula is C21H28ClN7O. The minimum Gasteiger partial charge on any atom is -0.354 e. The number of nitrogens with one attached hydrogen (secondary N) is 3. The molecule has 160 valence electrons. The van der Waals surface area contributed by atoms with Crippen LogP contribution in [0, 0.1) is 0 Å². The molecule has 0 bridgehead atoms. The van der Waals surface area contributed by atoms with Gasteiger partial charge in [0.25, 0.3) is 0 Å². The number of aromatic nitrogens is 3. The third kappa shape index (κ3) is 5.30. The van der Waals surface area contributed by atoms with Crippen LogP contribution >= 0.6 is 11.6 Å². The van der Waals surface area contributed by atoms with Gasteiger partial charge in [-0.3, -0.25) is 4.79 Å². The second kappa shape index (κ2) is 9.93. The predicted molar refractivity (Wildman–Crippen MR) is 119 cm³/mol. The fourth-order valence-electron chi connectivity index (χ4n) is 3.79. The molecule has 1 atom stereocenters. The number of nitrogens with zero attached hydrogens (tertiary/aromatic N) is 4. The summed E-state index contributed by atoms with van der Waals surface area (Å²) in [5, 5.41) is 10.1. The van der Waals surface area contributed by atoms with Gasteiger partial charge < -0.3 is 20.9 Å². The van der Waals surface area contributed by atoms with Crippen LogP contribution in [-0.2, 0) is 11.3 Å². The van der Waals surface area contributed by atoms with Crippen LogP contribution in [0.15, 0.2) is 24.3 Å². The molecule has 2 aromatic rings. The maximum atomic E-state index is 12.4. The number of hydrogen-bond acceptors (Lipinski definition) is 7. The van der Waals surface area contributed by atoms with Gasteiger partial charge in [0.15, 0.2) is 0 Å². The van der Waals surface area contributed by atoms with Crippen molar-refractivity contribution < 1.29 is 4.79 Å². The first kappa shape index (κ1) is 20.7. The molecule has 30 heavy (non-hydrogen) atoms. The van der Waals surface area contributed by atoms with E-state index in [2.05, 4.69) is 35.8 Å². The second-order valence-electron chi connectivity index (χ2n) is 7.76. The largest absolute Gasteiger partial charge is 0.354 e. The van der Waals surface area contributed by atoms with Crippen LogP contribution < -0.4 is 20.9 Å². The van der Waals surface area contributed by atoms with Crippen LogP contribution in [0.25, 0.3) is 0 Å². The molecule has 0 aliphatic carbocycles. The van der Waals surface area contributed by atoms with Gasteiger partial charge in [-0.1, -0.05) is 29.8 Å². The molecule has 0 radical (unpaired) electrons. The maximum Gasteiger partial charge on any atom is 0.242 e. The van der Waals surface area contributed by atoms with E-state index in [-0.39, 0.29) is 11.9 Å². The third-order valence-electron chi connectivity index (χ3n) is 5.50. The minimum atomic E-state index is -0.333. The quantitative estimate of drug-likeness (QED) is 0.648. The molecular weight excluding hydrogens is 402 g/mol. The third-order valence-corrected chi connectivity index (χ3v) is 5.86. The number of anilines is 3. The molecule has 9 heteroatoms. The zero-order chi connectivity index (χ0) is 20.8. The van der Waals surface area contributed by atoms with Gasteiger partial charge in [0, 0.05) is 31.2 Å². The first-order valence-corrected chi connectivity index (χ1v) is 11.1. The van der Waals surface area contributed by atoms with Gasteiger partial charge in [-0.05, 0) is 50.2 Å². The average molecular weight is 430 g/mol. The van der Waals surface area contributed by atoms with E-state index in [0.717, 1.165) is 57.3 Å². The number of rotatable bonds is 6. The Balaban J connectivity index is 1.55. The van der Waals surface area contributed by atoms with Gasteiger partial charge in [-0.2, -0.15) is 15.0 Å². The van der Waals surface area contributed by atoms with Crippen molar-refractivity contribution in [3.05, 3.63) is 34.9 Å². The van der Waals surface area contributed by atoms with Crippen LogP contribution in [0.2, 0.25) is 5.02 Å². The van der Waals surface area contributed by atoms with Crippen molar-refractivity contribution in [2.45, 2.75) is 51.1 Å². The molecule has 1 unspecified atom stereocenters. The Morgan fingerprint density at radius 2 is 1.83 bits per heavy atom. The number of piperidine rings is 1. The molecule has 2 saturated heterocycles. The van der Waals surface area contributed by atoms with Crippen molar-refractivity contribution in [2.24, 2.45) is 0 Å². The SMILES string of the molecule is O=C1NCCCCC1Nc1nc(NCc2ccccc2Cl)nc(N2CCCCC2)n1. The summed E-state index contributed by atoms with van der Waals surface area (Å²) in [6.45, 7) is 3.08. The van der Waals surface area contributed by atoms with E-state index < -0.39 is 0 Å². The number of benzene rings is 1. The summed E-state index contributed by atoms with van der Waals surface area (Å²) in [5.41, 5.74) is 0.969. The second-order valence-corrected chi connectivity index (χ2v) is 8.17. The van der Waals surface area contributed by atoms with Crippen molar-refractivity contribution in [1.82, 2.24) is 20.3 Å². The summed E-state index contributed by atoms with van der Waals surface area (Å²) in [5.74, 6) is 1.54. The Bertz CT molecular complexity index is 872. The number of hydrogen-bond donors (Lipinski definition) is 3. The smallest absolute Gasteiger partial charge is 0.242 e. The molecule has 1 aromatic heterocycles. The monoisotopic (exact) mass is 429 g/mol. The van der Waals surface area contributed by atoms with E-state index in [1.165, 1.54) is 6.42 Å². The van der Waals surface area contributed by atoms with Crippen molar-refractivity contribution >= 4 is 35.4 Å². The topological polar surface area (TPSA) is 95.1 Å². The Hall–Kier alpha value is -2.61. The van der Waals surface area contributed by atoms with E-state index in [1.807, 2.05) is 24.3 Å². The van der Waals surface area contributed by atoms with Crippen molar-refractivity contribution in [3.63, 3.8) is 0 Å².